The van der Waals surface area contributed by atoms with E-state index in [1.807, 2.05) is 0 Å². The highest BCUT2D eigenvalue weighted by Crippen LogP contribution is 2.16. The number of hydrogen-bond acceptors (Lipinski definition) is 4. The molecule has 0 aromatic heterocycles. The number of carbonyl (C=O) groups is 1. The number of ether oxygens (including phenoxy) is 2. The van der Waals surface area contributed by atoms with Crippen LogP contribution in [0.3, 0.4) is 0 Å². The summed E-state index contributed by atoms with van der Waals surface area (Å²) in [5, 5.41) is 9.67. The second-order valence-corrected chi connectivity index (χ2v) is 19.0. The maximum Gasteiger partial charge on any atom is 0.306 e. The molecule has 1 N–H and O–H groups in total. The van der Waals surface area contributed by atoms with Crippen LogP contribution >= 0.6 is 0 Å². The average molecular weight is 860 g/mol. The Kier molecular flexibility index (Phi) is 54.0. The van der Waals surface area contributed by atoms with Crippen LogP contribution in [-0.4, -0.2) is 37.0 Å². The monoisotopic (exact) mass is 859 g/mol. The van der Waals surface area contributed by atoms with Crippen molar-refractivity contribution in [3.05, 3.63) is 24.3 Å². The molecule has 0 fully saturated rings. The summed E-state index contributed by atoms with van der Waals surface area (Å²) in [6.45, 7) is 5.40. The summed E-state index contributed by atoms with van der Waals surface area (Å²) >= 11 is 0. The SMILES string of the molecule is CCCCCCCCCC/C=C\CCCCCCCCCCCCCCCCOCC(CO)OC(=O)CCCCCCCCCCCCC/C=C\CCCCCCCCCC. The first-order valence-electron chi connectivity index (χ1n) is 27.9. The van der Waals surface area contributed by atoms with Gasteiger partial charge in [-0.2, -0.15) is 0 Å². The van der Waals surface area contributed by atoms with Crippen LogP contribution in [0.5, 0.6) is 0 Å². The molecule has 0 aliphatic rings. The largest absolute Gasteiger partial charge is 0.457 e. The van der Waals surface area contributed by atoms with Crippen molar-refractivity contribution in [2.75, 3.05) is 19.8 Å². The minimum absolute atomic E-state index is 0.167. The summed E-state index contributed by atoms with van der Waals surface area (Å²) in [4.78, 5) is 12.3. The number of rotatable bonds is 53. The molecule has 0 rings (SSSR count). The summed E-state index contributed by atoms with van der Waals surface area (Å²) < 4.78 is 11.2. The molecule has 4 nitrogen and oxygen atoms in total. The highest BCUT2D eigenvalue weighted by Gasteiger charge is 2.13. The van der Waals surface area contributed by atoms with Crippen molar-refractivity contribution in [2.24, 2.45) is 0 Å². The van der Waals surface area contributed by atoms with Gasteiger partial charge in [0, 0.05) is 13.0 Å². The Balaban J connectivity index is 3.35. The molecule has 4 heteroatoms. The van der Waals surface area contributed by atoms with Gasteiger partial charge in [-0.1, -0.05) is 263 Å². The van der Waals surface area contributed by atoms with Gasteiger partial charge in [0.1, 0.15) is 6.10 Å². The molecule has 0 aliphatic carbocycles. The van der Waals surface area contributed by atoms with E-state index in [9.17, 15) is 9.90 Å². The number of carbonyl (C=O) groups excluding carboxylic acids is 1. The van der Waals surface area contributed by atoms with Gasteiger partial charge < -0.3 is 14.6 Å². The molecular formula is C57H110O4. The minimum Gasteiger partial charge on any atom is -0.457 e. The van der Waals surface area contributed by atoms with E-state index in [-0.39, 0.29) is 12.6 Å². The number of hydrogen-bond donors (Lipinski definition) is 1. The van der Waals surface area contributed by atoms with E-state index in [0.717, 1.165) is 19.3 Å². The third-order valence-electron chi connectivity index (χ3n) is 12.7. The Morgan fingerprint density at radius 1 is 0.377 bits per heavy atom. The van der Waals surface area contributed by atoms with Crippen LogP contribution < -0.4 is 0 Å². The van der Waals surface area contributed by atoms with Crippen molar-refractivity contribution in [1.82, 2.24) is 0 Å². The first-order chi connectivity index (χ1) is 30.2. The third kappa shape index (κ3) is 53.1. The van der Waals surface area contributed by atoms with Crippen LogP contribution in [0, 0.1) is 0 Å². The van der Waals surface area contributed by atoms with E-state index in [4.69, 9.17) is 9.47 Å². The number of aliphatic hydroxyl groups excluding tert-OH is 1. The molecule has 1 atom stereocenters. The molecule has 0 aliphatic heterocycles. The second kappa shape index (κ2) is 55.0. The van der Waals surface area contributed by atoms with Gasteiger partial charge in [-0.15, -0.1) is 0 Å². The Labute approximate surface area is 383 Å². The van der Waals surface area contributed by atoms with Crippen molar-refractivity contribution in [2.45, 2.75) is 315 Å². The second-order valence-electron chi connectivity index (χ2n) is 19.0. The molecule has 61 heavy (non-hydrogen) atoms. The predicted octanol–water partition coefficient (Wildman–Crippen LogP) is 19.0. The lowest BCUT2D eigenvalue weighted by Gasteiger charge is -2.16. The summed E-state index contributed by atoms with van der Waals surface area (Å²) in [6.07, 6.45) is 70.1. The van der Waals surface area contributed by atoms with E-state index in [0.29, 0.717) is 19.6 Å². The van der Waals surface area contributed by atoms with Gasteiger partial charge in [-0.25, -0.2) is 0 Å². The summed E-state index contributed by atoms with van der Waals surface area (Å²) in [5.74, 6) is -0.195. The van der Waals surface area contributed by atoms with Gasteiger partial charge in [0.2, 0.25) is 0 Å². The average Bonchev–Trinajstić information content (AvgIpc) is 3.27. The molecule has 0 saturated carbocycles. The fourth-order valence-corrected chi connectivity index (χ4v) is 8.56. The number of aliphatic hydroxyl groups is 1. The zero-order valence-electron chi connectivity index (χ0n) is 41.7. The van der Waals surface area contributed by atoms with Crippen LogP contribution in [0.25, 0.3) is 0 Å². The summed E-state index contributed by atoms with van der Waals surface area (Å²) in [5.41, 5.74) is 0. The molecule has 1 unspecified atom stereocenters. The van der Waals surface area contributed by atoms with Crippen molar-refractivity contribution in [3.8, 4) is 0 Å². The maximum atomic E-state index is 12.3. The van der Waals surface area contributed by atoms with E-state index in [1.54, 1.807) is 0 Å². The normalized spacial score (nSPS) is 12.4. The van der Waals surface area contributed by atoms with Gasteiger partial charge in [0.05, 0.1) is 13.2 Å². The Bertz CT molecular complexity index is 867. The van der Waals surface area contributed by atoms with Gasteiger partial charge >= 0.3 is 5.97 Å². The van der Waals surface area contributed by atoms with Crippen molar-refractivity contribution in [1.29, 1.82) is 0 Å². The molecule has 362 valence electrons. The Morgan fingerprint density at radius 2 is 0.639 bits per heavy atom. The predicted molar refractivity (Wildman–Crippen MR) is 270 cm³/mol. The smallest absolute Gasteiger partial charge is 0.306 e. The highest BCUT2D eigenvalue weighted by molar-refractivity contribution is 5.69. The lowest BCUT2D eigenvalue weighted by Crippen LogP contribution is -2.27. The summed E-state index contributed by atoms with van der Waals surface area (Å²) in [6, 6.07) is 0. The Hall–Kier alpha value is -1.13. The standard InChI is InChI=1S/C57H110O4/c1-3-5-7-9-11-13-15-17-19-21-23-25-27-28-29-31-33-35-37-39-41-43-45-47-49-51-53-60-55-56(54-58)61-57(59)52-50-48-46-44-42-40-38-36-34-32-30-26-24-22-20-18-16-14-12-10-8-6-4-2/h21-24,56,58H,3-20,25-55H2,1-2H3/b23-21-,24-22-. The zero-order chi connectivity index (χ0) is 44.0. The first kappa shape index (κ1) is 59.9. The van der Waals surface area contributed by atoms with Crippen molar-refractivity contribution in [3.63, 3.8) is 0 Å². The number of allylic oxidation sites excluding steroid dienone is 4. The number of unbranched alkanes of at least 4 members (excludes halogenated alkanes) is 41. The molecule has 0 saturated heterocycles. The molecule has 0 amide bonds. The highest BCUT2D eigenvalue weighted by atomic mass is 16.6. The molecule has 0 aromatic carbocycles. The molecule has 0 spiro atoms. The van der Waals surface area contributed by atoms with E-state index in [2.05, 4.69) is 38.2 Å². The molecule has 0 heterocycles. The third-order valence-corrected chi connectivity index (χ3v) is 12.7. The molecular weight excluding hydrogens is 749 g/mol. The maximum absolute atomic E-state index is 12.3. The van der Waals surface area contributed by atoms with E-state index in [1.165, 1.54) is 270 Å². The summed E-state index contributed by atoms with van der Waals surface area (Å²) in [7, 11) is 0. The Morgan fingerprint density at radius 3 is 0.934 bits per heavy atom. The van der Waals surface area contributed by atoms with Gasteiger partial charge in [-0.3, -0.25) is 4.79 Å². The molecule has 0 radical (unpaired) electrons. The molecule has 0 aromatic rings. The lowest BCUT2D eigenvalue weighted by atomic mass is 10.0. The minimum atomic E-state index is -0.532. The fraction of sp³-hybridized carbons (Fsp3) is 0.912. The zero-order valence-corrected chi connectivity index (χ0v) is 41.7. The fourth-order valence-electron chi connectivity index (χ4n) is 8.56. The van der Waals surface area contributed by atoms with Crippen LogP contribution in [0.1, 0.15) is 309 Å². The van der Waals surface area contributed by atoms with Gasteiger partial charge in [0.25, 0.3) is 0 Å². The first-order valence-corrected chi connectivity index (χ1v) is 27.9. The topological polar surface area (TPSA) is 55.8 Å². The van der Waals surface area contributed by atoms with E-state index < -0.39 is 6.10 Å². The van der Waals surface area contributed by atoms with Crippen LogP contribution in [-0.2, 0) is 14.3 Å². The van der Waals surface area contributed by atoms with E-state index >= 15 is 0 Å². The lowest BCUT2D eigenvalue weighted by molar-refractivity contribution is -0.154. The van der Waals surface area contributed by atoms with Gasteiger partial charge in [-0.05, 0) is 64.2 Å². The van der Waals surface area contributed by atoms with Crippen LogP contribution in [0.4, 0.5) is 0 Å². The van der Waals surface area contributed by atoms with Crippen LogP contribution in [0.15, 0.2) is 24.3 Å². The quantitative estimate of drug-likeness (QED) is 0.0376. The molecule has 0 bridgehead atoms. The van der Waals surface area contributed by atoms with Crippen molar-refractivity contribution >= 4 is 5.97 Å². The van der Waals surface area contributed by atoms with Gasteiger partial charge in [0.15, 0.2) is 0 Å². The number of esters is 1. The van der Waals surface area contributed by atoms with Crippen LogP contribution in [0.2, 0.25) is 0 Å². The van der Waals surface area contributed by atoms with Crippen molar-refractivity contribution < 1.29 is 19.4 Å².